The summed E-state index contributed by atoms with van der Waals surface area (Å²) in [6, 6.07) is 5.14. The number of quaternary nitrogens is 2. The molecule has 1 aromatic rings. The molecule has 0 fully saturated rings. The van der Waals surface area contributed by atoms with Crippen molar-refractivity contribution in [2.45, 2.75) is 79.1 Å². The van der Waals surface area contributed by atoms with Crippen LogP contribution in [0.2, 0.25) is 0 Å². The lowest BCUT2D eigenvalue weighted by Gasteiger charge is -2.09. The summed E-state index contributed by atoms with van der Waals surface area (Å²) in [5.41, 5.74) is -0.727. The van der Waals surface area contributed by atoms with Crippen LogP contribution in [0, 0.1) is 0 Å². The lowest BCUT2D eigenvalue weighted by Crippen LogP contribution is -2.84. The van der Waals surface area contributed by atoms with Gasteiger partial charge in [-0.05, 0) is 25.7 Å². The van der Waals surface area contributed by atoms with Crippen molar-refractivity contribution in [3.8, 4) is 0 Å². The van der Waals surface area contributed by atoms with Crippen molar-refractivity contribution in [3.63, 3.8) is 0 Å². The van der Waals surface area contributed by atoms with Crippen LogP contribution in [0.15, 0.2) is 24.3 Å². The Bertz CT molecular complexity index is 477. The van der Waals surface area contributed by atoms with Crippen molar-refractivity contribution >= 4 is 11.9 Å². The third kappa shape index (κ3) is 19.4. The minimum absolute atomic E-state index is 0.363. The topological polar surface area (TPSA) is 113 Å². The highest BCUT2D eigenvalue weighted by Crippen LogP contribution is 2.05. The lowest BCUT2D eigenvalue weighted by molar-refractivity contribution is -0.655. The van der Waals surface area contributed by atoms with E-state index in [1.54, 1.807) is 0 Å². The average molecular weight is 425 g/mol. The lowest BCUT2D eigenvalue weighted by atomic mass is 10.1. The van der Waals surface area contributed by atoms with E-state index in [-0.39, 0.29) is 11.1 Å². The summed E-state index contributed by atoms with van der Waals surface area (Å²) in [7, 11) is 0. The van der Waals surface area contributed by atoms with Gasteiger partial charge in [-0.25, -0.2) is 0 Å². The molecule has 30 heavy (non-hydrogen) atoms. The van der Waals surface area contributed by atoms with Crippen LogP contribution >= 0.6 is 0 Å². The van der Waals surface area contributed by atoms with Crippen LogP contribution in [0.5, 0.6) is 0 Å². The average Bonchev–Trinajstić information content (AvgIpc) is 2.74. The molecule has 0 aliphatic carbocycles. The van der Waals surface area contributed by atoms with E-state index in [0.29, 0.717) is 0 Å². The first kappa shape index (κ1) is 30.3. The van der Waals surface area contributed by atoms with Gasteiger partial charge in [-0.15, -0.1) is 0 Å². The largest absolute Gasteiger partial charge is 0.545 e. The van der Waals surface area contributed by atoms with Gasteiger partial charge in [0.15, 0.2) is 0 Å². The zero-order valence-corrected chi connectivity index (χ0v) is 19.6. The Morgan fingerprint density at radius 1 is 0.633 bits per heavy atom. The van der Waals surface area contributed by atoms with Gasteiger partial charge in [0.25, 0.3) is 0 Å². The molecule has 0 heterocycles. The number of carboxylic acid groups (broad SMARTS) is 2. The third-order valence-corrected chi connectivity index (χ3v) is 4.41. The summed E-state index contributed by atoms with van der Waals surface area (Å²) in [6.45, 7) is 14.3. The molecule has 1 rings (SSSR count). The van der Waals surface area contributed by atoms with Crippen LogP contribution in [-0.2, 0) is 0 Å². The Balaban J connectivity index is 0. The Morgan fingerprint density at radius 2 is 0.900 bits per heavy atom. The summed E-state index contributed by atoms with van der Waals surface area (Å²) in [4.78, 5) is 20.6. The molecule has 0 unspecified atom stereocenters. The molecule has 1 aromatic carbocycles. The summed E-state index contributed by atoms with van der Waals surface area (Å²) in [6.07, 6.45) is 10.9. The highest BCUT2D eigenvalue weighted by atomic mass is 16.4. The monoisotopic (exact) mass is 424 g/mol. The van der Waals surface area contributed by atoms with Crippen LogP contribution in [0.4, 0.5) is 0 Å². The number of hydrogen-bond donors (Lipinski definition) is 2. The standard InChI is InChI=1S/2C8H19N.C8H6O4/c2*1-3-5-7-9-8-6-4-2;9-7(10)5-3-1-2-4-6(5)8(11)12/h2*9H,3-8H2,1-2H3;1-4H,(H,9,10)(H,11,12). The van der Waals surface area contributed by atoms with E-state index < -0.39 is 11.9 Å². The molecular weight excluding hydrogens is 380 g/mol. The summed E-state index contributed by atoms with van der Waals surface area (Å²) >= 11 is 0. The Labute approximate surface area is 183 Å². The minimum atomic E-state index is -1.52. The SMILES string of the molecule is CCCC[NH2+]CCCC.CCCC[NH2+]CCCC.O=C([O-])c1ccccc1C(=O)[O-]. The summed E-state index contributed by atoms with van der Waals surface area (Å²) in [5.74, 6) is -3.04. The maximum Gasteiger partial charge on any atom is 0.0755 e. The van der Waals surface area contributed by atoms with E-state index in [4.69, 9.17) is 0 Å². The maximum absolute atomic E-state index is 10.3. The predicted octanol–water partition coefficient (Wildman–Crippen LogP) is 0.714. The molecule has 174 valence electrons. The zero-order chi connectivity index (χ0) is 23.0. The zero-order valence-electron chi connectivity index (χ0n) is 19.6. The van der Waals surface area contributed by atoms with Crippen molar-refractivity contribution in [3.05, 3.63) is 35.4 Å². The molecule has 0 amide bonds. The summed E-state index contributed by atoms with van der Waals surface area (Å²) < 4.78 is 0. The molecule has 0 bridgehead atoms. The minimum Gasteiger partial charge on any atom is -0.545 e. The fourth-order valence-electron chi connectivity index (χ4n) is 2.52. The van der Waals surface area contributed by atoms with E-state index >= 15 is 0 Å². The highest BCUT2D eigenvalue weighted by Gasteiger charge is 2.01. The van der Waals surface area contributed by atoms with Gasteiger partial charge in [0.2, 0.25) is 0 Å². The van der Waals surface area contributed by atoms with Gasteiger partial charge in [-0.2, -0.15) is 0 Å². The second kappa shape index (κ2) is 23.4. The molecule has 0 aromatic heterocycles. The van der Waals surface area contributed by atoms with Gasteiger partial charge in [-0.3, -0.25) is 0 Å². The van der Waals surface area contributed by atoms with Gasteiger partial charge in [0.05, 0.1) is 38.1 Å². The fourth-order valence-corrected chi connectivity index (χ4v) is 2.52. The van der Waals surface area contributed by atoms with Crippen molar-refractivity contribution in [1.82, 2.24) is 0 Å². The van der Waals surface area contributed by atoms with Crippen LogP contribution in [0.1, 0.15) is 99.8 Å². The maximum atomic E-state index is 10.3. The number of aromatic carboxylic acids is 2. The van der Waals surface area contributed by atoms with E-state index in [1.165, 1.54) is 89.7 Å². The van der Waals surface area contributed by atoms with Gasteiger partial charge < -0.3 is 30.4 Å². The molecule has 0 aliphatic rings. The van der Waals surface area contributed by atoms with Crippen molar-refractivity contribution < 1.29 is 30.4 Å². The summed E-state index contributed by atoms with van der Waals surface area (Å²) in [5, 5.41) is 25.5. The van der Waals surface area contributed by atoms with Gasteiger partial charge in [0, 0.05) is 11.1 Å². The van der Waals surface area contributed by atoms with E-state index in [9.17, 15) is 19.8 Å². The van der Waals surface area contributed by atoms with Crippen molar-refractivity contribution in [2.75, 3.05) is 26.2 Å². The Morgan fingerprint density at radius 3 is 1.10 bits per heavy atom. The molecule has 6 nitrogen and oxygen atoms in total. The number of rotatable bonds is 14. The highest BCUT2D eigenvalue weighted by molar-refractivity contribution is 5.99. The second-order valence-electron chi connectivity index (χ2n) is 7.27. The first-order chi connectivity index (χ1) is 14.5. The number of carboxylic acids is 2. The van der Waals surface area contributed by atoms with Gasteiger partial charge >= 0.3 is 0 Å². The smallest absolute Gasteiger partial charge is 0.0755 e. The number of unbranched alkanes of at least 4 members (excludes halogenated alkanes) is 4. The quantitative estimate of drug-likeness (QED) is 0.428. The van der Waals surface area contributed by atoms with Crippen LogP contribution < -0.4 is 20.8 Å². The molecule has 0 aliphatic heterocycles. The molecule has 0 saturated carbocycles. The van der Waals surface area contributed by atoms with Crippen molar-refractivity contribution in [1.29, 1.82) is 0 Å². The van der Waals surface area contributed by atoms with E-state index in [0.717, 1.165) is 12.1 Å². The molecule has 0 saturated heterocycles. The molecular formula is C24H44N2O4. The van der Waals surface area contributed by atoms with E-state index in [2.05, 4.69) is 38.3 Å². The molecule has 0 atom stereocenters. The molecule has 6 heteroatoms. The van der Waals surface area contributed by atoms with Crippen molar-refractivity contribution in [2.24, 2.45) is 0 Å². The molecule has 0 spiro atoms. The van der Waals surface area contributed by atoms with E-state index in [1.807, 2.05) is 0 Å². The third-order valence-electron chi connectivity index (χ3n) is 4.41. The van der Waals surface area contributed by atoms with Gasteiger partial charge in [0.1, 0.15) is 0 Å². The van der Waals surface area contributed by atoms with Crippen LogP contribution in [0.3, 0.4) is 0 Å². The predicted molar refractivity (Wildman–Crippen MR) is 118 cm³/mol. The molecule has 4 N–H and O–H groups in total. The normalized spacial score (nSPS) is 9.73. The first-order valence-corrected chi connectivity index (χ1v) is 11.6. The number of nitrogens with two attached hydrogens (primary N) is 2. The Kier molecular flexibility index (Phi) is 23.6. The van der Waals surface area contributed by atoms with Crippen LogP contribution in [0.25, 0.3) is 0 Å². The first-order valence-electron chi connectivity index (χ1n) is 11.6. The number of benzene rings is 1. The second-order valence-corrected chi connectivity index (χ2v) is 7.27. The molecule has 0 radical (unpaired) electrons. The van der Waals surface area contributed by atoms with Crippen LogP contribution in [-0.4, -0.2) is 38.1 Å². The number of carbonyl (C=O) groups excluding carboxylic acids is 2. The van der Waals surface area contributed by atoms with Gasteiger partial charge in [-0.1, -0.05) is 77.6 Å². The number of carbonyl (C=O) groups is 2. The Hall–Kier alpha value is -1.92. The number of hydrogen-bond acceptors (Lipinski definition) is 4. The fraction of sp³-hybridized carbons (Fsp3) is 0.667.